The maximum Gasteiger partial charge on any atom is 0.266 e. The van der Waals surface area contributed by atoms with E-state index in [1.165, 1.54) is 16.3 Å². The summed E-state index contributed by atoms with van der Waals surface area (Å²) in [6.07, 6.45) is 1.17. The third-order valence-corrected chi connectivity index (χ3v) is 4.70. The minimum absolute atomic E-state index is 0.120. The molecule has 150 valence electrons. The van der Waals surface area contributed by atoms with Crippen molar-refractivity contribution in [2.75, 3.05) is 7.11 Å². The van der Waals surface area contributed by atoms with Gasteiger partial charge >= 0.3 is 0 Å². The van der Waals surface area contributed by atoms with E-state index in [4.69, 9.17) is 4.74 Å². The molecule has 0 aliphatic rings. The van der Waals surface area contributed by atoms with Crippen molar-refractivity contribution in [1.82, 2.24) is 15.1 Å². The van der Waals surface area contributed by atoms with E-state index >= 15 is 0 Å². The number of carbonyl (C=O) groups is 1. The summed E-state index contributed by atoms with van der Waals surface area (Å²) in [5.74, 6) is 0.596. The lowest BCUT2D eigenvalue weighted by molar-refractivity contribution is -0.121. The SMILES string of the molecule is CCc1ccc(CNC(=O)CCn2nc(-c3cccc(OC)c3)ccc2=O)cc1. The van der Waals surface area contributed by atoms with Crippen molar-refractivity contribution < 1.29 is 9.53 Å². The molecule has 0 aliphatic heterocycles. The van der Waals surface area contributed by atoms with Crippen LogP contribution >= 0.6 is 0 Å². The molecule has 6 nitrogen and oxygen atoms in total. The van der Waals surface area contributed by atoms with Crippen LogP contribution in [0.3, 0.4) is 0 Å². The Kier molecular flexibility index (Phi) is 6.79. The lowest BCUT2D eigenvalue weighted by Gasteiger charge is -2.09. The molecule has 6 heteroatoms. The predicted octanol–water partition coefficient (Wildman–Crippen LogP) is 3.19. The summed E-state index contributed by atoms with van der Waals surface area (Å²) in [6, 6.07) is 18.8. The molecule has 0 radical (unpaired) electrons. The second-order valence-corrected chi connectivity index (χ2v) is 6.71. The summed E-state index contributed by atoms with van der Waals surface area (Å²) in [5, 5.41) is 7.28. The zero-order valence-electron chi connectivity index (χ0n) is 16.7. The highest BCUT2D eigenvalue weighted by molar-refractivity contribution is 5.75. The fourth-order valence-electron chi connectivity index (χ4n) is 2.93. The molecule has 2 aromatic carbocycles. The van der Waals surface area contributed by atoms with Crippen LogP contribution in [0.1, 0.15) is 24.5 Å². The summed E-state index contributed by atoms with van der Waals surface area (Å²) in [4.78, 5) is 24.3. The molecule has 0 fully saturated rings. The van der Waals surface area contributed by atoms with Crippen LogP contribution in [0.15, 0.2) is 65.5 Å². The number of carbonyl (C=O) groups excluding carboxylic acids is 1. The third kappa shape index (κ3) is 5.54. The van der Waals surface area contributed by atoms with Gasteiger partial charge in [-0.1, -0.05) is 43.3 Å². The quantitative estimate of drug-likeness (QED) is 0.640. The molecule has 3 rings (SSSR count). The Bertz CT molecular complexity index is 1030. The van der Waals surface area contributed by atoms with Crippen LogP contribution in [-0.4, -0.2) is 22.8 Å². The van der Waals surface area contributed by atoms with Crippen LogP contribution in [0, 0.1) is 0 Å². The number of amides is 1. The van der Waals surface area contributed by atoms with Gasteiger partial charge in [-0.05, 0) is 35.7 Å². The number of ether oxygens (including phenoxy) is 1. The maximum absolute atomic E-state index is 12.2. The van der Waals surface area contributed by atoms with Crippen molar-refractivity contribution in [3.05, 3.63) is 82.1 Å². The highest BCUT2D eigenvalue weighted by Crippen LogP contribution is 2.21. The number of methoxy groups -OCH3 is 1. The number of hydrogen-bond acceptors (Lipinski definition) is 4. The van der Waals surface area contributed by atoms with Gasteiger partial charge in [0.25, 0.3) is 5.56 Å². The molecular weight excluding hydrogens is 366 g/mol. The smallest absolute Gasteiger partial charge is 0.266 e. The summed E-state index contributed by atoms with van der Waals surface area (Å²) >= 11 is 0. The van der Waals surface area contributed by atoms with Gasteiger partial charge in [-0.15, -0.1) is 0 Å². The van der Waals surface area contributed by atoms with Crippen molar-refractivity contribution in [1.29, 1.82) is 0 Å². The molecule has 0 unspecified atom stereocenters. The van der Waals surface area contributed by atoms with Crippen LogP contribution < -0.4 is 15.6 Å². The van der Waals surface area contributed by atoms with Gasteiger partial charge in [0.1, 0.15) is 5.75 Å². The number of nitrogens with zero attached hydrogens (tertiary/aromatic N) is 2. The minimum Gasteiger partial charge on any atom is -0.497 e. The monoisotopic (exact) mass is 391 g/mol. The topological polar surface area (TPSA) is 73.2 Å². The van der Waals surface area contributed by atoms with E-state index in [1.54, 1.807) is 13.2 Å². The molecule has 0 bridgehead atoms. The molecule has 0 saturated carbocycles. The molecule has 3 aromatic rings. The van der Waals surface area contributed by atoms with Gasteiger partial charge in [-0.3, -0.25) is 9.59 Å². The van der Waals surface area contributed by atoms with Gasteiger partial charge < -0.3 is 10.1 Å². The van der Waals surface area contributed by atoms with E-state index in [0.717, 1.165) is 17.5 Å². The molecule has 1 aromatic heterocycles. The average Bonchev–Trinajstić information content (AvgIpc) is 2.77. The van der Waals surface area contributed by atoms with Gasteiger partial charge in [0.05, 0.1) is 19.3 Å². The Labute approximate surface area is 170 Å². The lowest BCUT2D eigenvalue weighted by Crippen LogP contribution is -2.28. The third-order valence-electron chi connectivity index (χ3n) is 4.70. The van der Waals surface area contributed by atoms with Crippen LogP contribution in [0.25, 0.3) is 11.3 Å². The van der Waals surface area contributed by atoms with E-state index in [9.17, 15) is 9.59 Å². The molecule has 0 spiro atoms. The number of benzene rings is 2. The molecule has 29 heavy (non-hydrogen) atoms. The molecule has 0 aliphatic carbocycles. The van der Waals surface area contributed by atoms with E-state index < -0.39 is 0 Å². The minimum atomic E-state index is -0.236. The molecule has 0 saturated heterocycles. The van der Waals surface area contributed by atoms with Crippen LogP contribution in [-0.2, 0) is 24.3 Å². The standard InChI is InChI=1S/C23H25N3O3/c1-3-17-7-9-18(10-8-17)16-24-22(27)13-14-26-23(28)12-11-21(25-26)19-5-4-6-20(15-19)29-2/h4-12,15H,3,13-14,16H2,1-2H3,(H,24,27). The molecule has 1 N–H and O–H groups in total. The Balaban J connectivity index is 1.60. The maximum atomic E-state index is 12.2. The molecule has 1 amide bonds. The first kappa shape index (κ1) is 20.3. The van der Waals surface area contributed by atoms with E-state index in [0.29, 0.717) is 18.0 Å². The van der Waals surface area contributed by atoms with Gasteiger partial charge in [-0.2, -0.15) is 5.10 Å². The molecule has 0 atom stereocenters. The van der Waals surface area contributed by atoms with Gasteiger partial charge in [-0.25, -0.2) is 4.68 Å². The number of rotatable bonds is 8. The van der Waals surface area contributed by atoms with Gasteiger partial charge in [0.15, 0.2) is 0 Å². The Morgan fingerprint density at radius 1 is 1.07 bits per heavy atom. The van der Waals surface area contributed by atoms with E-state index in [2.05, 4.69) is 29.5 Å². The second-order valence-electron chi connectivity index (χ2n) is 6.71. The number of hydrogen-bond donors (Lipinski definition) is 1. The van der Waals surface area contributed by atoms with Gasteiger partial charge in [0.2, 0.25) is 5.91 Å². The van der Waals surface area contributed by atoms with Crippen molar-refractivity contribution >= 4 is 5.91 Å². The summed E-state index contributed by atoms with van der Waals surface area (Å²) in [6.45, 7) is 2.79. The highest BCUT2D eigenvalue weighted by Gasteiger charge is 2.07. The van der Waals surface area contributed by atoms with Crippen LogP contribution in [0.5, 0.6) is 5.75 Å². The van der Waals surface area contributed by atoms with E-state index in [1.807, 2.05) is 36.4 Å². The Hall–Kier alpha value is -3.41. The first-order chi connectivity index (χ1) is 14.1. The van der Waals surface area contributed by atoms with Crippen molar-refractivity contribution in [2.45, 2.75) is 32.9 Å². The summed E-state index contributed by atoms with van der Waals surface area (Å²) in [5.41, 5.74) is 3.57. The Morgan fingerprint density at radius 3 is 2.55 bits per heavy atom. The number of nitrogens with one attached hydrogen (secondary N) is 1. The Morgan fingerprint density at radius 2 is 1.83 bits per heavy atom. The summed E-state index contributed by atoms with van der Waals surface area (Å²) < 4.78 is 6.56. The first-order valence-corrected chi connectivity index (χ1v) is 9.66. The zero-order valence-corrected chi connectivity index (χ0v) is 16.7. The fourth-order valence-corrected chi connectivity index (χ4v) is 2.93. The molecular formula is C23H25N3O3. The summed E-state index contributed by atoms with van der Waals surface area (Å²) in [7, 11) is 1.60. The van der Waals surface area contributed by atoms with Gasteiger partial charge in [0, 0.05) is 24.6 Å². The normalized spacial score (nSPS) is 10.6. The number of aryl methyl sites for hydroxylation is 2. The number of aromatic nitrogens is 2. The van der Waals surface area contributed by atoms with Crippen LogP contribution in [0.4, 0.5) is 0 Å². The lowest BCUT2D eigenvalue weighted by atomic mass is 10.1. The van der Waals surface area contributed by atoms with Crippen molar-refractivity contribution in [3.63, 3.8) is 0 Å². The largest absolute Gasteiger partial charge is 0.497 e. The van der Waals surface area contributed by atoms with Crippen molar-refractivity contribution in [3.8, 4) is 17.0 Å². The predicted molar refractivity (Wildman–Crippen MR) is 113 cm³/mol. The van der Waals surface area contributed by atoms with E-state index in [-0.39, 0.29) is 24.4 Å². The second kappa shape index (κ2) is 9.68. The van der Waals surface area contributed by atoms with Crippen LogP contribution in [0.2, 0.25) is 0 Å². The molecule has 1 heterocycles. The fraction of sp³-hybridized carbons (Fsp3) is 0.261. The van der Waals surface area contributed by atoms with Crippen molar-refractivity contribution in [2.24, 2.45) is 0 Å². The average molecular weight is 391 g/mol. The highest BCUT2D eigenvalue weighted by atomic mass is 16.5. The zero-order chi connectivity index (χ0) is 20.6. The first-order valence-electron chi connectivity index (χ1n) is 9.66.